The second-order valence-corrected chi connectivity index (χ2v) is 3.39. The van der Waals surface area contributed by atoms with E-state index in [1.54, 1.807) is 0 Å². The average Bonchev–Trinajstić information content (AvgIpc) is 2.25. The zero-order valence-electron chi connectivity index (χ0n) is 8.59. The van der Waals surface area contributed by atoms with Crippen molar-refractivity contribution in [2.24, 2.45) is 12.0 Å². The number of aromatic nitrogens is 1. The van der Waals surface area contributed by atoms with E-state index in [0.29, 0.717) is 5.69 Å². The van der Waals surface area contributed by atoms with Crippen LogP contribution in [0.3, 0.4) is 0 Å². The largest absolute Gasteiger partial charge is 0.397 e. The van der Waals surface area contributed by atoms with Gasteiger partial charge in [0.2, 0.25) is 0 Å². The van der Waals surface area contributed by atoms with Gasteiger partial charge in [0, 0.05) is 19.4 Å². The van der Waals surface area contributed by atoms with Gasteiger partial charge in [0.25, 0.3) is 0 Å². The van der Waals surface area contributed by atoms with E-state index in [1.165, 1.54) is 0 Å². The van der Waals surface area contributed by atoms with Crippen molar-refractivity contribution in [3.05, 3.63) is 54.1 Å². The minimum atomic E-state index is 0.700. The summed E-state index contributed by atoms with van der Waals surface area (Å²) in [7, 11) is 1.97. The summed E-state index contributed by atoms with van der Waals surface area (Å²) in [6.45, 7) is 0. The van der Waals surface area contributed by atoms with Gasteiger partial charge in [-0.15, -0.1) is 0 Å². The topological polar surface area (TPSA) is 43.3 Å². The molecule has 0 aliphatic rings. The number of rotatable bonds is 1. The predicted molar refractivity (Wildman–Crippen MR) is 61.5 cm³/mol. The van der Waals surface area contributed by atoms with Gasteiger partial charge in [-0.2, -0.15) is 0 Å². The van der Waals surface area contributed by atoms with Crippen LogP contribution < -0.4 is 11.1 Å². The van der Waals surface area contributed by atoms with Crippen molar-refractivity contribution in [1.82, 2.24) is 4.57 Å². The van der Waals surface area contributed by atoms with Gasteiger partial charge < -0.3 is 10.3 Å². The maximum atomic E-state index is 5.80. The standard InChI is InChI=1S/C12H13N3/c1-15-8-6-10(7-9-15)14-12-5-3-2-4-11(12)13/h2-9H,13H2,1H3. The molecule has 76 valence electrons. The molecule has 0 bridgehead atoms. The molecule has 3 nitrogen and oxygen atoms in total. The molecule has 0 saturated heterocycles. The van der Waals surface area contributed by atoms with Gasteiger partial charge in [-0.1, -0.05) is 12.1 Å². The Kier molecular flexibility index (Phi) is 2.54. The number of hydrogen-bond donors (Lipinski definition) is 1. The SMILES string of the molecule is Cn1ccc(=Nc2ccccc2N)cc1. The first-order chi connectivity index (χ1) is 7.25. The average molecular weight is 199 g/mol. The molecule has 0 amide bonds. The van der Waals surface area contributed by atoms with Crippen molar-refractivity contribution in [1.29, 1.82) is 0 Å². The predicted octanol–water partition coefficient (Wildman–Crippen LogP) is 1.84. The van der Waals surface area contributed by atoms with E-state index in [9.17, 15) is 0 Å². The van der Waals surface area contributed by atoms with Gasteiger partial charge in [-0.25, -0.2) is 4.99 Å². The molecule has 1 aromatic heterocycles. The van der Waals surface area contributed by atoms with Crippen LogP contribution in [-0.4, -0.2) is 4.57 Å². The third-order valence-electron chi connectivity index (χ3n) is 2.15. The molecule has 2 aromatic rings. The highest BCUT2D eigenvalue weighted by molar-refractivity contribution is 5.61. The van der Waals surface area contributed by atoms with E-state index in [4.69, 9.17) is 5.73 Å². The Bertz CT molecular complexity index is 506. The van der Waals surface area contributed by atoms with E-state index >= 15 is 0 Å². The van der Waals surface area contributed by atoms with Crippen molar-refractivity contribution in [2.75, 3.05) is 5.73 Å². The van der Waals surface area contributed by atoms with Gasteiger partial charge in [-0.3, -0.25) is 0 Å². The maximum Gasteiger partial charge on any atom is 0.0866 e. The zero-order chi connectivity index (χ0) is 10.7. The van der Waals surface area contributed by atoms with Crippen LogP contribution in [0.5, 0.6) is 0 Å². The monoisotopic (exact) mass is 199 g/mol. The van der Waals surface area contributed by atoms with Crippen molar-refractivity contribution < 1.29 is 0 Å². The van der Waals surface area contributed by atoms with Crippen LogP contribution in [0.4, 0.5) is 11.4 Å². The maximum absolute atomic E-state index is 5.80. The highest BCUT2D eigenvalue weighted by atomic mass is 14.9. The fraction of sp³-hybridized carbons (Fsp3) is 0.0833. The van der Waals surface area contributed by atoms with Crippen LogP contribution in [0, 0.1) is 0 Å². The quantitative estimate of drug-likeness (QED) is 0.700. The number of para-hydroxylation sites is 2. The Labute approximate surface area is 88.5 Å². The molecule has 0 unspecified atom stereocenters. The normalized spacial score (nSPS) is 9.93. The summed E-state index contributed by atoms with van der Waals surface area (Å²) in [5.74, 6) is 0. The fourth-order valence-electron chi connectivity index (χ4n) is 1.30. The number of pyridine rings is 1. The Morgan fingerprint density at radius 3 is 2.40 bits per heavy atom. The van der Waals surface area contributed by atoms with Crippen molar-refractivity contribution in [3.63, 3.8) is 0 Å². The lowest BCUT2D eigenvalue weighted by molar-refractivity contribution is 0.897. The van der Waals surface area contributed by atoms with E-state index < -0.39 is 0 Å². The van der Waals surface area contributed by atoms with Crippen molar-refractivity contribution in [3.8, 4) is 0 Å². The number of hydrogen-bond acceptors (Lipinski definition) is 2. The first kappa shape index (κ1) is 9.52. The lowest BCUT2D eigenvalue weighted by atomic mass is 10.3. The summed E-state index contributed by atoms with van der Waals surface area (Å²) in [5.41, 5.74) is 7.31. The summed E-state index contributed by atoms with van der Waals surface area (Å²) >= 11 is 0. The lowest BCUT2D eigenvalue weighted by Crippen LogP contribution is -2.02. The molecule has 0 spiro atoms. The summed E-state index contributed by atoms with van der Waals surface area (Å²) in [4.78, 5) is 4.44. The minimum absolute atomic E-state index is 0.700. The number of nitrogens with two attached hydrogens (primary N) is 1. The Balaban J connectivity index is 2.47. The molecular weight excluding hydrogens is 186 g/mol. The molecule has 0 aliphatic heterocycles. The molecular formula is C12H13N3. The van der Waals surface area contributed by atoms with E-state index in [2.05, 4.69) is 4.99 Å². The van der Waals surface area contributed by atoms with Crippen molar-refractivity contribution >= 4 is 11.4 Å². The first-order valence-corrected chi connectivity index (χ1v) is 4.77. The van der Waals surface area contributed by atoms with Crippen LogP contribution in [0.1, 0.15) is 0 Å². The Morgan fingerprint density at radius 1 is 1.07 bits per heavy atom. The van der Waals surface area contributed by atoms with Crippen molar-refractivity contribution in [2.45, 2.75) is 0 Å². The highest BCUT2D eigenvalue weighted by Gasteiger charge is 1.92. The highest BCUT2D eigenvalue weighted by Crippen LogP contribution is 2.19. The minimum Gasteiger partial charge on any atom is -0.397 e. The van der Waals surface area contributed by atoms with Crippen LogP contribution >= 0.6 is 0 Å². The van der Waals surface area contributed by atoms with Gasteiger partial charge in [0.15, 0.2) is 0 Å². The van der Waals surface area contributed by atoms with Gasteiger partial charge in [0.05, 0.1) is 16.7 Å². The Hall–Kier alpha value is -2.03. The molecule has 0 fully saturated rings. The molecule has 15 heavy (non-hydrogen) atoms. The fourth-order valence-corrected chi connectivity index (χ4v) is 1.30. The molecule has 0 radical (unpaired) electrons. The molecule has 3 heteroatoms. The van der Waals surface area contributed by atoms with Gasteiger partial charge in [0.1, 0.15) is 0 Å². The molecule has 0 saturated carbocycles. The van der Waals surface area contributed by atoms with E-state index in [0.717, 1.165) is 11.0 Å². The number of aryl methyl sites for hydroxylation is 1. The van der Waals surface area contributed by atoms with Crippen LogP contribution in [0.15, 0.2) is 53.8 Å². The number of nitrogen functional groups attached to an aromatic ring is 1. The lowest BCUT2D eigenvalue weighted by Gasteiger charge is -1.98. The van der Waals surface area contributed by atoms with Crippen LogP contribution in [0.2, 0.25) is 0 Å². The molecule has 0 atom stereocenters. The van der Waals surface area contributed by atoms with Gasteiger partial charge >= 0.3 is 0 Å². The molecule has 0 aliphatic carbocycles. The molecule has 1 heterocycles. The van der Waals surface area contributed by atoms with Gasteiger partial charge in [-0.05, 0) is 24.3 Å². The summed E-state index contributed by atoms with van der Waals surface area (Å²) in [6, 6.07) is 11.5. The third kappa shape index (κ3) is 2.26. The number of benzene rings is 1. The molecule has 2 rings (SSSR count). The Morgan fingerprint density at radius 2 is 1.73 bits per heavy atom. The summed E-state index contributed by atoms with van der Waals surface area (Å²) in [6.07, 6.45) is 3.91. The third-order valence-corrected chi connectivity index (χ3v) is 2.15. The number of anilines is 1. The molecule has 2 N–H and O–H groups in total. The second-order valence-electron chi connectivity index (χ2n) is 3.39. The van der Waals surface area contributed by atoms with E-state index in [-0.39, 0.29) is 0 Å². The smallest absolute Gasteiger partial charge is 0.0866 e. The number of nitrogens with zero attached hydrogens (tertiary/aromatic N) is 2. The van der Waals surface area contributed by atoms with E-state index in [1.807, 2.05) is 60.4 Å². The summed E-state index contributed by atoms with van der Waals surface area (Å²) in [5, 5.41) is 0.908. The zero-order valence-corrected chi connectivity index (χ0v) is 8.59. The first-order valence-electron chi connectivity index (χ1n) is 4.77. The molecule has 1 aromatic carbocycles. The summed E-state index contributed by atoms with van der Waals surface area (Å²) < 4.78 is 1.97. The second kappa shape index (κ2) is 4.00. The van der Waals surface area contributed by atoms with Crippen LogP contribution in [0.25, 0.3) is 0 Å². The van der Waals surface area contributed by atoms with Crippen LogP contribution in [-0.2, 0) is 7.05 Å².